The van der Waals surface area contributed by atoms with Gasteiger partial charge < -0.3 is 10.2 Å². The van der Waals surface area contributed by atoms with E-state index in [1.807, 2.05) is 0 Å². The first-order valence-corrected chi connectivity index (χ1v) is 7.97. The van der Waals surface area contributed by atoms with Crippen LogP contribution in [0.3, 0.4) is 0 Å². The van der Waals surface area contributed by atoms with Crippen molar-refractivity contribution >= 4 is 0 Å². The molecule has 19 heavy (non-hydrogen) atoms. The molecule has 1 aliphatic carbocycles. The molecule has 110 valence electrons. The molecule has 0 radical (unpaired) electrons. The zero-order valence-electron chi connectivity index (χ0n) is 13.0. The SMILES string of the molecule is CNC(C1=CCCCCCC1)C1CN(C)CCN1C. The molecule has 0 aromatic heterocycles. The van der Waals surface area contributed by atoms with Crippen molar-refractivity contribution in [3.8, 4) is 0 Å². The van der Waals surface area contributed by atoms with Gasteiger partial charge in [0, 0.05) is 31.7 Å². The number of hydrogen-bond donors (Lipinski definition) is 1. The lowest BCUT2D eigenvalue weighted by molar-refractivity contribution is 0.0968. The molecule has 2 atom stereocenters. The zero-order chi connectivity index (χ0) is 13.7. The summed E-state index contributed by atoms with van der Waals surface area (Å²) in [5.74, 6) is 0. The van der Waals surface area contributed by atoms with Crippen molar-refractivity contribution in [3.05, 3.63) is 11.6 Å². The molecule has 3 nitrogen and oxygen atoms in total. The lowest BCUT2D eigenvalue weighted by atomic mass is 9.89. The van der Waals surface area contributed by atoms with Crippen LogP contribution in [0.1, 0.15) is 38.5 Å². The van der Waals surface area contributed by atoms with Gasteiger partial charge in [-0.3, -0.25) is 4.90 Å². The number of rotatable bonds is 3. The summed E-state index contributed by atoms with van der Waals surface area (Å²) >= 11 is 0. The smallest absolute Gasteiger partial charge is 0.0447 e. The number of hydrogen-bond acceptors (Lipinski definition) is 3. The van der Waals surface area contributed by atoms with Crippen LogP contribution < -0.4 is 5.32 Å². The Morgan fingerprint density at radius 3 is 2.74 bits per heavy atom. The number of nitrogens with one attached hydrogen (secondary N) is 1. The lowest BCUT2D eigenvalue weighted by Crippen LogP contribution is -2.58. The summed E-state index contributed by atoms with van der Waals surface area (Å²) in [5, 5.41) is 3.60. The maximum absolute atomic E-state index is 3.60. The second-order valence-electron chi connectivity index (χ2n) is 6.31. The molecular formula is C16H31N3. The molecule has 1 fully saturated rings. The van der Waals surface area contributed by atoms with Crippen LogP contribution in [0.4, 0.5) is 0 Å². The van der Waals surface area contributed by atoms with E-state index in [0.717, 1.165) is 0 Å². The third kappa shape index (κ3) is 4.04. The van der Waals surface area contributed by atoms with Crippen LogP contribution in [-0.4, -0.2) is 62.7 Å². The van der Waals surface area contributed by atoms with Crippen molar-refractivity contribution in [2.45, 2.75) is 50.6 Å². The molecule has 1 saturated heterocycles. The molecule has 2 unspecified atom stereocenters. The molecule has 1 heterocycles. The third-order valence-electron chi connectivity index (χ3n) is 4.82. The van der Waals surface area contributed by atoms with E-state index in [-0.39, 0.29) is 0 Å². The van der Waals surface area contributed by atoms with Gasteiger partial charge in [-0.1, -0.05) is 24.5 Å². The predicted molar refractivity (Wildman–Crippen MR) is 82.5 cm³/mol. The molecular weight excluding hydrogens is 234 g/mol. The fraction of sp³-hybridized carbons (Fsp3) is 0.875. The maximum atomic E-state index is 3.60. The minimum Gasteiger partial charge on any atom is -0.312 e. The second-order valence-corrected chi connectivity index (χ2v) is 6.31. The Bertz CT molecular complexity index is 300. The summed E-state index contributed by atoms with van der Waals surface area (Å²) in [6.07, 6.45) is 10.7. The van der Waals surface area contributed by atoms with Gasteiger partial charge in [-0.05, 0) is 46.8 Å². The molecule has 3 heteroatoms. The first-order chi connectivity index (χ1) is 9.22. The number of nitrogens with zero attached hydrogens (tertiary/aromatic N) is 2. The Kier molecular flexibility index (Phi) is 5.86. The molecule has 0 saturated carbocycles. The van der Waals surface area contributed by atoms with Crippen LogP contribution in [0.5, 0.6) is 0 Å². The van der Waals surface area contributed by atoms with E-state index in [1.54, 1.807) is 5.57 Å². The zero-order valence-corrected chi connectivity index (χ0v) is 13.0. The van der Waals surface area contributed by atoms with Gasteiger partial charge in [0.15, 0.2) is 0 Å². The summed E-state index contributed by atoms with van der Waals surface area (Å²) in [4.78, 5) is 5.01. The Hall–Kier alpha value is -0.380. The fourth-order valence-corrected chi connectivity index (χ4v) is 3.53. The van der Waals surface area contributed by atoms with E-state index in [0.29, 0.717) is 12.1 Å². The van der Waals surface area contributed by atoms with Crippen LogP contribution in [0.15, 0.2) is 11.6 Å². The Labute approximate surface area is 119 Å². The van der Waals surface area contributed by atoms with E-state index < -0.39 is 0 Å². The van der Waals surface area contributed by atoms with Gasteiger partial charge >= 0.3 is 0 Å². The average molecular weight is 265 g/mol. The molecule has 0 aromatic carbocycles. The Balaban J connectivity index is 2.08. The van der Waals surface area contributed by atoms with Crippen molar-refractivity contribution < 1.29 is 0 Å². The van der Waals surface area contributed by atoms with Crippen LogP contribution in [-0.2, 0) is 0 Å². The van der Waals surface area contributed by atoms with E-state index in [4.69, 9.17) is 0 Å². The van der Waals surface area contributed by atoms with Gasteiger partial charge in [0.2, 0.25) is 0 Å². The highest BCUT2D eigenvalue weighted by atomic mass is 15.3. The van der Waals surface area contributed by atoms with E-state index in [1.165, 1.54) is 58.2 Å². The van der Waals surface area contributed by atoms with Crippen molar-refractivity contribution in [2.75, 3.05) is 40.8 Å². The lowest BCUT2D eigenvalue weighted by Gasteiger charge is -2.43. The van der Waals surface area contributed by atoms with Crippen molar-refractivity contribution in [1.82, 2.24) is 15.1 Å². The number of likely N-dealkylation sites (N-methyl/N-ethyl adjacent to an activating group) is 3. The quantitative estimate of drug-likeness (QED) is 0.789. The normalized spacial score (nSPS) is 29.4. The summed E-state index contributed by atoms with van der Waals surface area (Å²) < 4.78 is 0. The van der Waals surface area contributed by atoms with Crippen molar-refractivity contribution in [1.29, 1.82) is 0 Å². The second kappa shape index (κ2) is 7.41. The molecule has 1 aliphatic heterocycles. The summed E-state index contributed by atoms with van der Waals surface area (Å²) in [5.41, 5.74) is 1.66. The molecule has 0 aromatic rings. The molecule has 0 bridgehead atoms. The average Bonchev–Trinajstić information content (AvgIpc) is 2.36. The maximum Gasteiger partial charge on any atom is 0.0447 e. The summed E-state index contributed by atoms with van der Waals surface area (Å²) in [6, 6.07) is 1.15. The molecule has 1 N–H and O–H groups in total. The van der Waals surface area contributed by atoms with Crippen LogP contribution in [0, 0.1) is 0 Å². The van der Waals surface area contributed by atoms with Crippen LogP contribution in [0.25, 0.3) is 0 Å². The van der Waals surface area contributed by atoms with E-state index >= 15 is 0 Å². The van der Waals surface area contributed by atoms with Gasteiger partial charge in [0.05, 0.1) is 0 Å². The molecule has 2 rings (SSSR count). The van der Waals surface area contributed by atoms with E-state index in [2.05, 4.69) is 42.3 Å². The number of piperazine rings is 1. The highest BCUT2D eigenvalue weighted by molar-refractivity contribution is 5.16. The first-order valence-electron chi connectivity index (χ1n) is 7.97. The van der Waals surface area contributed by atoms with E-state index in [9.17, 15) is 0 Å². The van der Waals surface area contributed by atoms with Gasteiger partial charge in [-0.15, -0.1) is 0 Å². The van der Waals surface area contributed by atoms with Crippen molar-refractivity contribution in [2.24, 2.45) is 0 Å². The van der Waals surface area contributed by atoms with Gasteiger partial charge in [0.1, 0.15) is 0 Å². The minimum atomic E-state index is 0.533. The largest absolute Gasteiger partial charge is 0.312 e. The number of allylic oxidation sites excluding steroid dienone is 1. The molecule has 0 spiro atoms. The van der Waals surface area contributed by atoms with Gasteiger partial charge in [-0.25, -0.2) is 0 Å². The van der Waals surface area contributed by atoms with Crippen LogP contribution in [0.2, 0.25) is 0 Å². The monoisotopic (exact) mass is 265 g/mol. The topological polar surface area (TPSA) is 18.5 Å². The van der Waals surface area contributed by atoms with Gasteiger partial charge in [-0.2, -0.15) is 0 Å². The third-order valence-corrected chi connectivity index (χ3v) is 4.82. The standard InChI is InChI=1S/C16H31N3/c1-17-16(14-9-7-5-4-6-8-10-14)15-13-18(2)11-12-19(15)3/h9,15-17H,4-8,10-13H2,1-3H3. The van der Waals surface area contributed by atoms with Crippen LogP contribution >= 0.6 is 0 Å². The minimum absolute atomic E-state index is 0.533. The molecule has 0 amide bonds. The summed E-state index contributed by atoms with van der Waals surface area (Å²) in [7, 11) is 6.66. The first kappa shape index (κ1) is 15.0. The molecule has 2 aliphatic rings. The Morgan fingerprint density at radius 1 is 1.16 bits per heavy atom. The fourth-order valence-electron chi connectivity index (χ4n) is 3.53. The highest BCUT2D eigenvalue weighted by Crippen LogP contribution is 2.24. The highest BCUT2D eigenvalue weighted by Gasteiger charge is 2.30. The summed E-state index contributed by atoms with van der Waals surface area (Å²) in [6.45, 7) is 3.56. The van der Waals surface area contributed by atoms with Gasteiger partial charge in [0.25, 0.3) is 0 Å². The van der Waals surface area contributed by atoms with Crippen molar-refractivity contribution in [3.63, 3.8) is 0 Å². The predicted octanol–water partition coefficient (Wildman–Crippen LogP) is 2.10. The Morgan fingerprint density at radius 2 is 1.95 bits per heavy atom.